The van der Waals surface area contributed by atoms with Gasteiger partial charge in [-0.2, -0.15) is 0 Å². The zero-order valence-corrected chi connectivity index (χ0v) is 11.1. The van der Waals surface area contributed by atoms with Crippen molar-refractivity contribution >= 4 is 28.3 Å². The zero-order chi connectivity index (χ0) is 10.3. The number of nitrogens with one attached hydrogen (secondary N) is 1. The van der Waals surface area contributed by atoms with E-state index in [0.717, 1.165) is 6.54 Å². The lowest BCUT2D eigenvalue weighted by Crippen LogP contribution is -2.29. The summed E-state index contributed by atoms with van der Waals surface area (Å²) < 4.78 is 1.39. The molecule has 0 unspecified atom stereocenters. The standard InChI is InChI=1S/C12H16IN/c1-8-4-5-9(13)10-11(8)14-7-6-12(10,2)3/h4-5,14H,6-7H2,1-3H3. The van der Waals surface area contributed by atoms with Crippen LogP contribution < -0.4 is 5.32 Å². The third-order valence-corrected chi connectivity index (χ3v) is 3.99. The molecule has 2 rings (SSSR count). The second-order valence-corrected chi connectivity index (χ2v) is 5.84. The first kappa shape index (κ1) is 10.3. The summed E-state index contributed by atoms with van der Waals surface area (Å²) in [5, 5.41) is 3.52. The quantitative estimate of drug-likeness (QED) is 0.721. The smallest absolute Gasteiger partial charge is 0.0418 e. The molecule has 1 heterocycles. The monoisotopic (exact) mass is 301 g/mol. The van der Waals surface area contributed by atoms with Crippen molar-refractivity contribution in [3.63, 3.8) is 0 Å². The Kier molecular flexibility index (Phi) is 2.50. The molecule has 1 aromatic carbocycles. The molecule has 0 bridgehead atoms. The van der Waals surface area contributed by atoms with Crippen LogP contribution in [0, 0.1) is 10.5 Å². The van der Waals surface area contributed by atoms with Crippen LogP contribution in [0.3, 0.4) is 0 Å². The lowest BCUT2D eigenvalue weighted by Gasteiger charge is -2.35. The van der Waals surface area contributed by atoms with Gasteiger partial charge in [-0.3, -0.25) is 0 Å². The molecule has 0 radical (unpaired) electrons. The summed E-state index contributed by atoms with van der Waals surface area (Å²) in [7, 11) is 0. The molecule has 76 valence electrons. The van der Waals surface area contributed by atoms with Crippen LogP contribution in [-0.4, -0.2) is 6.54 Å². The lowest BCUT2D eigenvalue weighted by molar-refractivity contribution is 0.479. The molecule has 0 saturated heterocycles. The fourth-order valence-electron chi connectivity index (χ4n) is 2.20. The van der Waals surface area contributed by atoms with Gasteiger partial charge in [-0.1, -0.05) is 19.9 Å². The number of fused-ring (bicyclic) bond motifs is 1. The highest BCUT2D eigenvalue weighted by Crippen LogP contribution is 2.40. The molecule has 1 aromatic rings. The van der Waals surface area contributed by atoms with Gasteiger partial charge < -0.3 is 5.32 Å². The molecule has 0 aromatic heterocycles. The Morgan fingerprint density at radius 3 is 2.71 bits per heavy atom. The van der Waals surface area contributed by atoms with E-state index in [1.165, 1.54) is 26.8 Å². The minimum atomic E-state index is 0.323. The number of benzene rings is 1. The molecule has 1 aliphatic rings. The van der Waals surface area contributed by atoms with E-state index in [4.69, 9.17) is 0 Å². The summed E-state index contributed by atoms with van der Waals surface area (Å²) in [5.41, 5.74) is 4.56. The van der Waals surface area contributed by atoms with Crippen molar-refractivity contribution in [1.29, 1.82) is 0 Å². The van der Waals surface area contributed by atoms with Gasteiger partial charge in [-0.25, -0.2) is 0 Å². The Morgan fingerprint density at radius 1 is 1.36 bits per heavy atom. The van der Waals surface area contributed by atoms with Gasteiger partial charge in [0, 0.05) is 15.8 Å². The maximum atomic E-state index is 3.52. The van der Waals surface area contributed by atoms with E-state index in [2.05, 4.69) is 60.8 Å². The molecule has 1 nitrogen and oxygen atoms in total. The Labute approximate surface area is 99.4 Å². The minimum Gasteiger partial charge on any atom is -0.385 e. The SMILES string of the molecule is Cc1ccc(I)c2c1NCCC2(C)C. The van der Waals surface area contributed by atoms with E-state index in [-0.39, 0.29) is 0 Å². The van der Waals surface area contributed by atoms with Crippen LogP contribution in [0.15, 0.2) is 12.1 Å². The molecule has 1 aliphatic heterocycles. The number of halogens is 1. The van der Waals surface area contributed by atoms with E-state index in [0.29, 0.717) is 5.41 Å². The third kappa shape index (κ3) is 1.53. The first-order valence-corrected chi connectivity index (χ1v) is 6.14. The lowest BCUT2D eigenvalue weighted by atomic mass is 9.77. The Morgan fingerprint density at radius 2 is 2.07 bits per heavy atom. The topological polar surface area (TPSA) is 12.0 Å². The fraction of sp³-hybridized carbons (Fsp3) is 0.500. The summed E-state index contributed by atoms with van der Waals surface area (Å²) in [6.45, 7) is 7.97. The molecular weight excluding hydrogens is 285 g/mol. The van der Waals surface area contributed by atoms with Crippen molar-refractivity contribution in [3.05, 3.63) is 26.8 Å². The first-order chi connectivity index (χ1) is 6.52. The van der Waals surface area contributed by atoms with E-state index < -0.39 is 0 Å². The van der Waals surface area contributed by atoms with Crippen LogP contribution in [-0.2, 0) is 5.41 Å². The highest BCUT2D eigenvalue weighted by atomic mass is 127. The van der Waals surface area contributed by atoms with E-state index in [9.17, 15) is 0 Å². The summed E-state index contributed by atoms with van der Waals surface area (Å²) >= 11 is 2.45. The summed E-state index contributed by atoms with van der Waals surface area (Å²) in [5.74, 6) is 0. The number of anilines is 1. The van der Waals surface area contributed by atoms with Gasteiger partial charge in [0.1, 0.15) is 0 Å². The summed E-state index contributed by atoms with van der Waals surface area (Å²) in [4.78, 5) is 0. The molecule has 0 amide bonds. The molecule has 0 saturated carbocycles. The van der Waals surface area contributed by atoms with E-state index >= 15 is 0 Å². The van der Waals surface area contributed by atoms with E-state index in [1.54, 1.807) is 0 Å². The van der Waals surface area contributed by atoms with Crippen molar-refractivity contribution in [2.45, 2.75) is 32.6 Å². The van der Waals surface area contributed by atoms with Crippen LogP contribution in [0.5, 0.6) is 0 Å². The van der Waals surface area contributed by atoms with Gasteiger partial charge in [-0.05, 0) is 58.5 Å². The highest BCUT2D eigenvalue weighted by molar-refractivity contribution is 14.1. The van der Waals surface area contributed by atoms with Crippen LogP contribution in [0.4, 0.5) is 5.69 Å². The molecule has 0 fully saturated rings. The zero-order valence-electron chi connectivity index (χ0n) is 8.95. The second kappa shape index (κ2) is 3.40. The van der Waals surface area contributed by atoms with Gasteiger partial charge >= 0.3 is 0 Å². The van der Waals surface area contributed by atoms with Crippen molar-refractivity contribution in [1.82, 2.24) is 0 Å². The maximum absolute atomic E-state index is 3.52. The van der Waals surface area contributed by atoms with Gasteiger partial charge in [0.25, 0.3) is 0 Å². The van der Waals surface area contributed by atoms with Gasteiger partial charge in [-0.15, -0.1) is 0 Å². The van der Waals surface area contributed by atoms with Crippen LogP contribution >= 0.6 is 22.6 Å². The highest BCUT2D eigenvalue weighted by Gasteiger charge is 2.29. The Bertz CT molecular complexity index is 369. The number of aryl methyl sites for hydroxylation is 1. The molecule has 0 spiro atoms. The first-order valence-electron chi connectivity index (χ1n) is 5.06. The normalized spacial score (nSPS) is 18.6. The van der Waals surface area contributed by atoms with Crippen LogP contribution in [0.1, 0.15) is 31.4 Å². The predicted octanol–water partition coefficient (Wildman–Crippen LogP) is 3.69. The molecule has 2 heteroatoms. The number of hydrogen-bond donors (Lipinski definition) is 1. The molecule has 0 atom stereocenters. The maximum Gasteiger partial charge on any atom is 0.0418 e. The van der Waals surface area contributed by atoms with Gasteiger partial charge in [0.2, 0.25) is 0 Å². The van der Waals surface area contributed by atoms with E-state index in [1.807, 2.05) is 0 Å². The molecular formula is C12H16IN. The van der Waals surface area contributed by atoms with Crippen molar-refractivity contribution < 1.29 is 0 Å². The van der Waals surface area contributed by atoms with Gasteiger partial charge in [0.15, 0.2) is 0 Å². The Balaban J connectivity index is 2.67. The third-order valence-electron chi connectivity index (χ3n) is 3.09. The Hall–Kier alpha value is -0.250. The number of hydrogen-bond acceptors (Lipinski definition) is 1. The summed E-state index contributed by atoms with van der Waals surface area (Å²) in [6.07, 6.45) is 1.22. The fourth-order valence-corrected chi connectivity index (χ4v) is 3.38. The average Bonchev–Trinajstić information content (AvgIpc) is 2.10. The van der Waals surface area contributed by atoms with Gasteiger partial charge in [0.05, 0.1) is 0 Å². The summed E-state index contributed by atoms with van der Waals surface area (Å²) in [6, 6.07) is 4.43. The number of rotatable bonds is 0. The largest absolute Gasteiger partial charge is 0.385 e. The van der Waals surface area contributed by atoms with Crippen molar-refractivity contribution in [2.75, 3.05) is 11.9 Å². The van der Waals surface area contributed by atoms with Crippen molar-refractivity contribution in [2.24, 2.45) is 0 Å². The van der Waals surface area contributed by atoms with Crippen LogP contribution in [0.2, 0.25) is 0 Å². The molecule has 1 N–H and O–H groups in total. The molecule has 0 aliphatic carbocycles. The minimum absolute atomic E-state index is 0.323. The predicted molar refractivity (Wildman–Crippen MR) is 70.0 cm³/mol. The second-order valence-electron chi connectivity index (χ2n) is 4.67. The van der Waals surface area contributed by atoms with Crippen molar-refractivity contribution in [3.8, 4) is 0 Å². The van der Waals surface area contributed by atoms with Crippen LogP contribution in [0.25, 0.3) is 0 Å². The molecule has 14 heavy (non-hydrogen) atoms. The average molecular weight is 301 g/mol.